The molecular weight excluding hydrogens is 358 g/mol. The lowest BCUT2D eigenvalue weighted by atomic mass is 9.87. The molecule has 0 bridgehead atoms. The molecule has 0 radical (unpaired) electrons. The van der Waals surface area contributed by atoms with E-state index < -0.39 is 0 Å². The Labute approximate surface area is 177 Å². The van der Waals surface area contributed by atoms with Crippen LogP contribution in [-0.2, 0) is 11.2 Å². The number of benzene rings is 1. The van der Waals surface area contributed by atoms with Crippen molar-refractivity contribution in [3.63, 3.8) is 0 Å². The molecular formula is C26H39NO2. The first-order valence-electron chi connectivity index (χ1n) is 11.4. The van der Waals surface area contributed by atoms with Gasteiger partial charge in [-0.2, -0.15) is 0 Å². The topological polar surface area (TPSA) is 49.3 Å². The molecule has 0 aliphatic heterocycles. The van der Waals surface area contributed by atoms with Gasteiger partial charge in [-0.05, 0) is 75.2 Å². The van der Waals surface area contributed by atoms with Gasteiger partial charge < -0.3 is 10.4 Å². The predicted molar refractivity (Wildman–Crippen MR) is 122 cm³/mol. The Kier molecular flexibility index (Phi) is 10.8. The van der Waals surface area contributed by atoms with Gasteiger partial charge in [-0.1, -0.05) is 61.6 Å². The molecule has 3 nitrogen and oxygen atoms in total. The summed E-state index contributed by atoms with van der Waals surface area (Å²) in [5, 5.41) is 13.2. The zero-order chi connectivity index (χ0) is 20.9. The first-order valence-corrected chi connectivity index (χ1v) is 11.4. The zero-order valence-corrected chi connectivity index (χ0v) is 18.2. The molecule has 2 N–H and O–H groups in total. The van der Waals surface area contributed by atoms with Crippen LogP contribution < -0.4 is 5.32 Å². The van der Waals surface area contributed by atoms with Crippen molar-refractivity contribution in [1.82, 2.24) is 5.32 Å². The number of hydrogen-bond donors (Lipinski definition) is 2. The van der Waals surface area contributed by atoms with Crippen LogP contribution in [-0.4, -0.2) is 23.7 Å². The first kappa shape index (κ1) is 23.4. The molecule has 1 amide bonds. The Morgan fingerprint density at radius 1 is 1.24 bits per heavy atom. The quantitative estimate of drug-likeness (QED) is 0.364. The van der Waals surface area contributed by atoms with E-state index >= 15 is 0 Å². The molecule has 1 aromatic carbocycles. The molecule has 0 heterocycles. The number of rotatable bonds is 12. The minimum Gasteiger partial charge on any atom is -0.389 e. The van der Waals surface area contributed by atoms with Crippen LogP contribution >= 0.6 is 0 Å². The van der Waals surface area contributed by atoms with Crippen LogP contribution in [0, 0.1) is 17.8 Å². The van der Waals surface area contributed by atoms with Crippen molar-refractivity contribution in [3.05, 3.63) is 60.2 Å². The fraction of sp³-hybridized carbons (Fsp3) is 0.577. The van der Waals surface area contributed by atoms with E-state index in [9.17, 15) is 9.90 Å². The summed E-state index contributed by atoms with van der Waals surface area (Å²) in [5.41, 5.74) is 1.28. The Morgan fingerprint density at radius 2 is 2.03 bits per heavy atom. The number of amides is 1. The van der Waals surface area contributed by atoms with E-state index in [1.165, 1.54) is 18.4 Å². The van der Waals surface area contributed by atoms with Crippen molar-refractivity contribution < 1.29 is 9.90 Å². The van der Waals surface area contributed by atoms with E-state index in [0.29, 0.717) is 30.7 Å². The third-order valence-electron chi connectivity index (χ3n) is 6.08. The van der Waals surface area contributed by atoms with Gasteiger partial charge in [-0.3, -0.25) is 4.79 Å². The summed E-state index contributed by atoms with van der Waals surface area (Å²) in [6, 6.07) is 10.4. The van der Waals surface area contributed by atoms with E-state index in [4.69, 9.17) is 0 Å². The summed E-state index contributed by atoms with van der Waals surface area (Å²) in [5.74, 6) is 2.06. The lowest BCUT2D eigenvalue weighted by Crippen LogP contribution is -2.21. The maximum Gasteiger partial charge on any atom is 0.219 e. The fourth-order valence-corrected chi connectivity index (χ4v) is 4.32. The number of aryl methyl sites for hydroxylation is 1. The number of nitrogens with one attached hydrogen (secondary N) is 1. The highest BCUT2D eigenvalue weighted by Crippen LogP contribution is 2.40. The Morgan fingerprint density at radius 3 is 2.79 bits per heavy atom. The lowest BCUT2D eigenvalue weighted by Gasteiger charge is -2.19. The van der Waals surface area contributed by atoms with E-state index in [1.54, 1.807) is 0 Å². The molecule has 160 valence electrons. The predicted octanol–water partition coefficient (Wildman–Crippen LogP) is 5.45. The van der Waals surface area contributed by atoms with Gasteiger partial charge in [0.1, 0.15) is 0 Å². The Hall–Kier alpha value is -1.87. The van der Waals surface area contributed by atoms with Gasteiger partial charge in [0, 0.05) is 13.0 Å². The molecule has 0 saturated heterocycles. The minimum absolute atomic E-state index is 0.154. The highest BCUT2D eigenvalue weighted by Gasteiger charge is 2.30. The van der Waals surface area contributed by atoms with Crippen molar-refractivity contribution >= 4 is 5.91 Å². The van der Waals surface area contributed by atoms with Crippen LogP contribution in [0.3, 0.4) is 0 Å². The third-order valence-corrected chi connectivity index (χ3v) is 6.08. The van der Waals surface area contributed by atoms with Crippen LogP contribution in [0.15, 0.2) is 54.6 Å². The van der Waals surface area contributed by atoms with Crippen molar-refractivity contribution in [2.45, 2.75) is 71.3 Å². The van der Waals surface area contributed by atoms with Gasteiger partial charge in [0.25, 0.3) is 0 Å². The largest absolute Gasteiger partial charge is 0.389 e. The summed E-state index contributed by atoms with van der Waals surface area (Å²) in [4.78, 5) is 11.5. The summed E-state index contributed by atoms with van der Waals surface area (Å²) in [6.07, 6.45) is 16.3. The smallest absolute Gasteiger partial charge is 0.219 e. The first-order chi connectivity index (χ1) is 14.1. The second kappa shape index (κ2) is 13.4. The monoisotopic (exact) mass is 397 g/mol. The van der Waals surface area contributed by atoms with E-state index in [1.807, 2.05) is 19.1 Å². The third kappa shape index (κ3) is 8.99. The molecule has 3 heteroatoms. The minimum atomic E-state index is -0.367. The van der Waals surface area contributed by atoms with Crippen molar-refractivity contribution in [3.8, 4) is 0 Å². The number of allylic oxidation sites excluding steroid dienone is 3. The molecule has 1 aliphatic rings. The number of aliphatic hydroxyl groups excluding tert-OH is 1. The molecule has 1 fully saturated rings. The van der Waals surface area contributed by atoms with Crippen LogP contribution in [0.1, 0.15) is 64.4 Å². The Bertz CT molecular complexity index is 637. The number of unbranched alkanes of at least 4 members (excludes halogenated alkanes) is 1. The number of carbonyl (C=O) groups is 1. The van der Waals surface area contributed by atoms with Gasteiger partial charge in [0.05, 0.1) is 6.10 Å². The van der Waals surface area contributed by atoms with Crippen molar-refractivity contribution in [2.24, 2.45) is 17.8 Å². The average Bonchev–Trinajstić information content (AvgIpc) is 3.08. The molecule has 0 aromatic heterocycles. The lowest BCUT2D eigenvalue weighted by molar-refractivity contribution is -0.121. The molecule has 1 aromatic rings. The molecule has 4 atom stereocenters. The van der Waals surface area contributed by atoms with E-state index in [2.05, 4.69) is 54.7 Å². The normalized spacial score (nSPS) is 23.1. The molecule has 0 unspecified atom stereocenters. The highest BCUT2D eigenvalue weighted by atomic mass is 16.3. The molecule has 1 aliphatic carbocycles. The summed E-state index contributed by atoms with van der Waals surface area (Å²) < 4.78 is 0. The Balaban J connectivity index is 1.71. The second-order valence-electron chi connectivity index (χ2n) is 8.42. The number of carbonyl (C=O) groups excluding carboxylic acids is 1. The van der Waals surface area contributed by atoms with Gasteiger partial charge in [0.2, 0.25) is 5.91 Å². The van der Waals surface area contributed by atoms with Gasteiger partial charge in [-0.15, -0.1) is 0 Å². The van der Waals surface area contributed by atoms with Crippen LogP contribution in [0.25, 0.3) is 0 Å². The summed E-state index contributed by atoms with van der Waals surface area (Å²) >= 11 is 0. The van der Waals surface area contributed by atoms with Crippen molar-refractivity contribution in [1.29, 1.82) is 0 Å². The molecule has 1 saturated carbocycles. The van der Waals surface area contributed by atoms with Gasteiger partial charge >= 0.3 is 0 Å². The zero-order valence-electron chi connectivity index (χ0n) is 18.2. The maximum absolute atomic E-state index is 11.5. The van der Waals surface area contributed by atoms with Crippen LogP contribution in [0.5, 0.6) is 0 Å². The van der Waals surface area contributed by atoms with Gasteiger partial charge in [-0.25, -0.2) is 0 Å². The second-order valence-corrected chi connectivity index (χ2v) is 8.42. The van der Waals surface area contributed by atoms with Crippen molar-refractivity contribution in [2.75, 3.05) is 6.54 Å². The SMILES string of the molecule is CCNC(=O)CCC/C=C\C[C@H]1CC[C@@H](C)[C@@H]1/C=C/[C@@H](O)CCc1ccccc1. The van der Waals surface area contributed by atoms with E-state index in [0.717, 1.165) is 32.1 Å². The van der Waals surface area contributed by atoms with Gasteiger partial charge in [0.15, 0.2) is 0 Å². The molecule has 0 spiro atoms. The van der Waals surface area contributed by atoms with Crippen LogP contribution in [0.4, 0.5) is 0 Å². The maximum atomic E-state index is 11.5. The standard InChI is InChI=1S/C26H39NO2/c1-3-27-26(29)14-10-5-4-9-13-23-17-15-21(2)25(23)20-19-24(28)18-16-22-11-7-6-8-12-22/h4,6-9,11-12,19-21,23-25,28H,3,5,10,13-18H2,1-2H3,(H,27,29)/b9-4-,20-19+/t21-,23+,24+,25+/m1/s1. The molecule has 2 rings (SSSR count). The highest BCUT2D eigenvalue weighted by molar-refractivity contribution is 5.75. The fourth-order valence-electron chi connectivity index (χ4n) is 4.32. The average molecular weight is 398 g/mol. The van der Waals surface area contributed by atoms with E-state index in [-0.39, 0.29) is 12.0 Å². The van der Waals surface area contributed by atoms with Crippen LogP contribution in [0.2, 0.25) is 0 Å². The molecule has 29 heavy (non-hydrogen) atoms. The number of aliphatic hydroxyl groups is 1. The summed E-state index contributed by atoms with van der Waals surface area (Å²) in [7, 11) is 0. The summed E-state index contributed by atoms with van der Waals surface area (Å²) in [6.45, 7) is 5.00. The number of hydrogen-bond acceptors (Lipinski definition) is 2.